The van der Waals surface area contributed by atoms with Crippen LogP contribution in [0.25, 0.3) is 0 Å². The summed E-state index contributed by atoms with van der Waals surface area (Å²) in [6, 6.07) is 0.558. The Bertz CT molecular complexity index is 269. The van der Waals surface area contributed by atoms with Gasteiger partial charge in [0.2, 0.25) is 0 Å². The van der Waals surface area contributed by atoms with Crippen LogP contribution in [0.15, 0.2) is 0 Å². The molecule has 0 saturated heterocycles. The monoisotopic (exact) mass is 286 g/mol. The molecule has 0 aromatic heterocycles. The molecule has 0 rings (SSSR count). The summed E-state index contributed by atoms with van der Waals surface area (Å²) in [5.41, 5.74) is -0.556. The van der Waals surface area contributed by atoms with E-state index in [1.165, 1.54) is 13.5 Å². The zero-order valence-corrected chi connectivity index (χ0v) is 14.3. The number of nitrogens with zero attached hydrogens (tertiary/aromatic N) is 1. The van der Waals surface area contributed by atoms with Crippen LogP contribution in [0.5, 0.6) is 0 Å². The predicted molar refractivity (Wildman–Crippen MR) is 84.9 cm³/mol. The number of carbonyl (C=O) groups excluding carboxylic acids is 1. The molecule has 0 spiro atoms. The maximum atomic E-state index is 12.0. The summed E-state index contributed by atoms with van der Waals surface area (Å²) >= 11 is 0. The lowest BCUT2D eigenvalue weighted by molar-refractivity contribution is -0.148. The summed E-state index contributed by atoms with van der Waals surface area (Å²) in [6.45, 7) is 13.7. The second-order valence-corrected chi connectivity index (χ2v) is 5.98. The van der Waals surface area contributed by atoms with Crippen molar-refractivity contribution in [2.45, 2.75) is 71.9 Å². The standard InChI is InChI=1S/C16H34N2O2/c1-7-11-17-16(5,15(19)20-6)10-9-13-18(12-8-2)14(3)4/h14,17H,7-13H2,1-6H3. The van der Waals surface area contributed by atoms with Gasteiger partial charge < -0.3 is 15.0 Å². The molecule has 4 heteroatoms. The fraction of sp³-hybridized carbons (Fsp3) is 0.938. The average molecular weight is 286 g/mol. The topological polar surface area (TPSA) is 41.6 Å². The number of ether oxygens (including phenoxy) is 1. The Morgan fingerprint density at radius 3 is 2.35 bits per heavy atom. The van der Waals surface area contributed by atoms with E-state index in [4.69, 9.17) is 4.74 Å². The minimum absolute atomic E-state index is 0.155. The molecule has 120 valence electrons. The Kier molecular flexibility index (Phi) is 9.86. The van der Waals surface area contributed by atoms with Crippen LogP contribution < -0.4 is 5.32 Å². The van der Waals surface area contributed by atoms with Crippen molar-refractivity contribution >= 4 is 5.97 Å². The normalized spacial score (nSPS) is 14.6. The first-order valence-corrected chi connectivity index (χ1v) is 7.98. The number of rotatable bonds is 11. The van der Waals surface area contributed by atoms with Gasteiger partial charge in [-0.25, -0.2) is 0 Å². The fourth-order valence-electron chi connectivity index (χ4n) is 2.44. The van der Waals surface area contributed by atoms with Crippen molar-refractivity contribution in [1.29, 1.82) is 0 Å². The number of hydrogen-bond acceptors (Lipinski definition) is 4. The summed E-state index contributed by atoms with van der Waals surface area (Å²) in [7, 11) is 1.46. The molecule has 1 N–H and O–H groups in total. The van der Waals surface area contributed by atoms with Crippen molar-refractivity contribution in [3.63, 3.8) is 0 Å². The number of carbonyl (C=O) groups is 1. The third kappa shape index (κ3) is 6.71. The molecule has 0 amide bonds. The summed E-state index contributed by atoms with van der Waals surface area (Å²) in [5.74, 6) is -0.155. The van der Waals surface area contributed by atoms with E-state index in [1.54, 1.807) is 0 Å². The highest BCUT2D eigenvalue weighted by Gasteiger charge is 2.33. The molecule has 0 aromatic rings. The molecule has 0 aromatic carbocycles. The first kappa shape index (κ1) is 19.4. The quantitative estimate of drug-likeness (QED) is 0.593. The van der Waals surface area contributed by atoms with Crippen LogP contribution >= 0.6 is 0 Å². The lowest BCUT2D eigenvalue weighted by atomic mass is 9.95. The van der Waals surface area contributed by atoms with Crippen LogP contribution in [0.3, 0.4) is 0 Å². The van der Waals surface area contributed by atoms with E-state index in [1.807, 2.05) is 6.92 Å². The highest BCUT2D eigenvalue weighted by molar-refractivity contribution is 5.80. The van der Waals surface area contributed by atoms with Gasteiger partial charge in [-0.05, 0) is 66.1 Å². The number of hydrogen-bond donors (Lipinski definition) is 1. The van der Waals surface area contributed by atoms with Gasteiger partial charge in [-0.3, -0.25) is 4.79 Å². The van der Waals surface area contributed by atoms with Crippen LogP contribution in [0.1, 0.15) is 60.3 Å². The minimum atomic E-state index is -0.556. The van der Waals surface area contributed by atoms with E-state index in [0.29, 0.717) is 6.04 Å². The van der Waals surface area contributed by atoms with E-state index in [9.17, 15) is 4.79 Å². The molecule has 0 aliphatic rings. The predicted octanol–water partition coefficient (Wildman–Crippen LogP) is 2.82. The summed E-state index contributed by atoms with van der Waals surface area (Å²) in [5, 5.41) is 3.34. The highest BCUT2D eigenvalue weighted by atomic mass is 16.5. The first-order valence-electron chi connectivity index (χ1n) is 7.98. The molecule has 0 aliphatic carbocycles. The maximum absolute atomic E-state index is 12.0. The van der Waals surface area contributed by atoms with E-state index in [-0.39, 0.29) is 5.97 Å². The van der Waals surface area contributed by atoms with Gasteiger partial charge >= 0.3 is 5.97 Å². The smallest absolute Gasteiger partial charge is 0.325 e. The highest BCUT2D eigenvalue weighted by Crippen LogP contribution is 2.16. The SMILES string of the molecule is CCCNC(C)(CCCN(CCC)C(C)C)C(=O)OC. The van der Waals surface area contributed by atoms with E-state index >= 15 is 0 Å². The molecular formula is C16H34N2O2. The molecule has 0 radical (unpaired) electrons. The first-order chi connectivity index (χ1) is 9.41. The van der Waals surface area contributed by atoms with Crippen LogP contribution in [-0.2, 0) is 9.53 Å². The molecule has 4 nitrogen and oxygen atoms in total. The lowest BCUT2D eigenvalue weighted by Crippen LogP contribution is -2.51. The van der Waals surface area contributed by atoms with Gasteiger partial charge in [-0.2, -0.15) is 0 Å². The van der Waals surface area contributed by atoms with Gasteiger partial charge in [0, 0.05) is 6.04 Å². The second kappa shape index (κ2) is 10.2. The Morgan fingerprint density at radius 2 is 1.90 bits per heavy atom. The van der Waals surface area contributed by atoms with Crippen molar-refractivity contribution in [2.75, 3.05) is 26.7 Å². The lowest BCUT2D eigenvalue weighted by Gasteiger charge is -2.30. The minimum Gasteiger partial charge on any atom is -0.468 e. The van der Waals surface area contributed by atoms with Crippen molar-refractivity contribution in [2.24, 2.45) is 0 Å². The van der Waals surface area contributed by atoms with E-state index in [0.717, 1.165) is 38.9 Å². The number of nitrogens with one attached hydrogen (secondary N) is 1. The third-order valence-electron chi connectivity index (χ3n) is 3.76. The van der Waals surface area contributed by atoms with Crippen LogP contribution in [-0.4, -0.2) is 49.2 Å². The molecule has 1 unspecified atom stereocenters. The van der Waals surface area contributed by atoms with Crippen molar-refractivity contribution in [1.82, 2.24) is 10.2 Å². The molecular weight excluding hydrogens is 252 g/mol. The number of methoxy groups -OCH3 is 1. The average Bonchev–Trinajstić information content (AvgIpc) is 2.43. The van der Waals surface area contributed by atoms with Crippen molar-refractivity contribution in [3.8, 4) is 0 Å². The molecule has 1 atom stereocenters. The fourth-order valence-corrected chi connectivity index (χ4v) is 2.44. The zero-order chi connectivity index (χ0) is 15.6. The van der Waals surface area contributed by atoms with Gasteiger partial charge in [0.1, 0.15) is 5.54 Å². The largest absolute Gasteiger partial charge is 0.468 e. The Morgan fingerprint density at radius 1 is 1.25 bits per heavy atom. The number of esters is 1. The zero-order valence-electron chi connectivity index (χ0n) is 14.3. The third-order valence-corrected chi connectivity index (χ3v) is 3.76. The Balaban J connectivity index is 4.41. The van der Waals surface area contributed by atoms with Crippen LogP contribution in [0, 0.1) is 0 Å². The Labute approximate surface area is 125 Å². The van der Waals surface area contributed by atoms with Gasteiger partial charge in [0.25, 0.3) is 0 Å². The van der Waals surface area contributed by atoms with E-state index < -0.39 is 5.54 Å². The Hall–Kier alpha value is -0.610. The molecule has 0 bridgehead atoms. The summed E-state index contributed by atoms with van der Waals surface area (Å²) < 4.78 is 4.95. The van der Waals surface area contributed by atoms with Gasteiger partial charge in [-0.15, -0.1) is 0 Å². The molecule has 20 heavy (non-hydrogen) atoms. The molecule has 0 aliphatic heterocycles. The summed E-state index contributed by atoms with van der Waals surface area (Å²) in [6.07, 6.45) is 3.99. The van der Waals surface area contributed by atoms with Crippen molar-refractivity contribution in [3.05, 3.63) is 0 Å². The van der Waals surface area contributed by atoms with Gasteiger partial charge in [-0.1, -0.05) is 13.8 Å². The van der Waals surface area contributed by atoms with Crippen LogP contribution in [0.2, 0.25) is 0 Å². The van der Waals surface area contributed by atoms with Gasteiger partial charge in [0.15, 0.2) is 0 Å². The molecule has 0 saturated carbocycles. The maximum Gasteiger partial charge on any atom is 0.325 e. The molecule has 0 fully saturated rings. The summed E-state index contributed by atoms with van der Waals surface area (Å²) in [4.78, 5) is 14.4. The van der Waals surface area contributed by atoms with Gasteiger partial charge in [0.05, 0.1) is 7.11 Å². The van der Waals surface area contributed by atoms with Crippen LogP contribution in [0.4, 0.5) is 0 Å². The second-order valence-electron chi connectivity index (χ2n) is 5.98. The van der Waals surface area contributed by atoms with Crippen molar-refractivity contribution < 1.29 is 9.53 Å². The molecule has 0 heterocycles. The van der Waals surface area contributed by atoms with E-state index in [2.05, 4.69) is 37.9 Å².